The molecule has 108 valence electrons. The van der Waals surface area contributed by atoms with E-state index >= 15 is 0 Å². The number of benzene rings is 1. The van der Waals surface area contributed by atoms with Crippen molar-refractivity contribution in [1.29, 1.82) is 0 Å². The van der Waals surface area contributed by atoms with Gasteiger partial charge in [-0.05, 0) is 65.0 Å². The van der Waals surface area contributed by atoms with Gasteiger partial charge in [0.25, 0.3) is 0 Å². The van der Waals surface area contributed by atoms with E-state index in [0.717, 1.165) is 11.8 Å². The predicted molar refractivity (Wildman–Crippen MR) is 88.6 cm³/mol. The molecule has 2 nitrogen and oxygen atoms in total. The molecule has 1 aromatic heterocycles. The number of hydrogen-bond acceptors (Lipinski definition) is 2. The third-order valence-electron chi connectivity index (χ3n) is 4.34. The number of likely N-dealkylation sites (N-methyl/N-ethyl adjacent to an activating group) is 1. The van der Waals surface area contributed by atoms with Crippen LogP contribution in [0.2, 0.25) is 0 Å². The summed E-state index contributed by atoms with van der Waals surface area (Å²) in [5.74, 6) is 0. The highest BCUT2D eigenvalue weighted by molar-refractivity contribution is 8.00. The van der Waals surface area contributed by atoms with Crippen molar-refractivity contribution < 1.29 is 0 Å². The van der Waals surface area contributed by atoms with Crippen LogP contribution in [0.5, 0.6) is 0 Å². The molecule has 0 radical (unpaired) electrons. The fourth-order valence-corrected chi connectivity index (χ4v) is 3.42. The molecule has 0 bridgehead atoms. The lowest BCUT2D eigenvalue weighted by Crippen LogP contribution is -2.41. The third kappa shape index (κ3) is 2.89. The van der Waals surface area contributed by atoms with Gasteiger partial charge in [0.1, 0.15) is 0 Å². The van der Waals surface area contributed by atoms with Crippen molar-refractivity contribution in [2.45, 2.75) is 48.9 Å². The van der Waals surface area contributed by atoms with Crippen molar-refractivity contribution in [3.63, 3.8) is 0 Å². The Kier molecular flexibility index (Phi) is 3.59. The molecule has 0 aliphatic heterocycles. The molecule has 0 saturated heterocycles. The zero-order chi connectivity index (χ0) is 14.3. The second kappa shape index (κ2) is 5.12. The topological polar surface area (TPSA) is 8.17 Å². The quantitative estimate of drug-likeness (QED) is 0.813. The Balaban J connectivity index is 1.85. The van der Waals surface area contributed by atoms with Crippen molar-refractivity contribution >= 4 is 22.7 Å². The SMILES string of the molecule is CN(C)C(C)(C)Cn1ccc2cc(SC3CC3)ccc21. The van der Waals surface area contributed by atoms with E-state index in [0.29, 0.717) is 0 Å². The molecule has 2 aromatic rings. The van der Waals surface area contributed by atoms with Crippen molar-refractivity contribution in [2.24, 2.45) is 0 Å². The molecule has 0 N–H and O–H groups in total. The van der Waals surface area contributed by atoms with E-state index < -0.39 is 0 Å². The first-order chi connectivity index (χ1) is 9.45. The molecule has 1 saturated carbocycles. The highest BCUT2D eigenvalue weighted by Crippen LogP contribution is 2.40. The Morgan fingerprint density at radius 2 is 2.00 bits per heavy atom. The van der Waals surface area contributed by atoms with Crippen LogP contribution in [0.15, 0.2) is 35.4 Å². The summed E-state index contributed by atoms with van der Waals surface area (Å²) in [4.78, 5) is 3.71. The van der Waals surface area contributed by atoms with Gasteiger partial charge in [-0.25, -0.2) is 0 Å². The Labute approximate surface area is 126 Å². The standard InChI is InChI=1S/C17H24N2S/c1-17(2,18(3)4)12-19-10-9-13-11-15(7-8-16(13)19)20-14-5-6-14/h7-11,14H,5-6,12H2,1-4H3. The molecule has 0 unspecified atom stereocenters. The Hall–Kier alpha value is -0.930. The van der Waals surface area contributed by atoms with Crippen LogP contribution in [0.4, 0.5) is 0 Å². The summed E-state index contributed by atoms with van der Waals surface area (Å²) < 4.78 is 2.38. The monoisotopic (exact) mass is 288 g/mol. The van der Waals surface area contributed by atoms with E-state index in [1.54, 1.807) is 0 Å². The van der Waals surface area contributed by atoms with E-state index in [1.807, 2.05) is 11.8 Å². The summed E-state index contributed by atoms with van der Waals surface area (Å²) in [5.41, 5.74) is 1.51. The Morgan fingerprint density at radius 1 is 1.25 bits per heavy atom. The molecular formula is C17H24N2S. The molecule has 20 heavy (non-hydrogen) atoms. The summed E-state index contributed by atoms with van der Waals surface area (Å²) in [7, 11) is 4.30. The fourth-order valence-electron chi connectivity index (χ4n) is 2.33. The van der Waals surface area contributed by atoms with E-state index in [-0.39, 0.29) is 5.54 Å². The third-order valence-corrected chi connectivity index (χ3v) is 5.67. The Bertz CT molecular complexity index is 608. The highest BCUT2D eigenvalue weighted by atomic mass is 32.2. The van der Waals surface area contributed by atoms with Gasteiger partial charge in [-0.3, -0.25) is 0 Å². The minimum atomic E-state index is 0.160. The van der Waals surface area contributed by atoms with Crippen LogP contribution < -0.4 is 0 Å². The van der Waals surface area contributed by atoms with Gasteiger partial charge >= 0.3 is 0 Å². The average Bonchev–Trinajstić information content (AvgIpc) is 3.11. The lowest BCUT2D eigenvalue weighted by atomic mass is 10.0. The molecule has 3 heteroatoms. The number of hydrogen-bond donors (Lipinski definition) is 0. The van der Waals surface area contributed by atoms with Gasteiger partial charge in [-0.2, -0.15) is 0 Å². The van der Waals surface area contributed by atoms with Crippen LogP contribution in [0.25, 0.3) is 10.9 Å². The minimum absolute atomic E-state index is 0.160. The van der Waals surface area contributed by atoms with Crippen molar-refractivity contribution in [2.75, 3.05) is 14.1 Å². The lowest BCUT2D eigenvalue weighted by Gasteiger charge is -2.33. The summed E-state index contributed by atoms with van der Waals surface area (Å²) in [6, 6.07) is 9.16. The van der Waals surface area contributed by atoms with Gasteiger partial charge in [0.15, 0.2) is 0 Å². The van der Waals surface area contributed by atoms with Crippen molar-refractivity contribution in [3.05, 3.63) is 30.5 Å². The maximum atomic E-state index is 2.38. The molecule has 0 atom stereocenters. The molecule has 3 rings (SSSR count). The normalized spacial score (nSPS) is 16.2. The zero-order valence-corrected chi connectivity index (χ0v) is 13.7. The van der Waals surface area contributed by atoms with Gasteiger partial charge < -0.3 is 9.47 Å². The summed E-state index contributed by atoms with van der Waals surface area (Å²) in [6.45, 7) is 5.59. The number of fused-ring (bicyclic) bond motifs is 1. The molecular weight excluding hydrogens is 264 g/mol. The maximum absolute atomic E-state index is 2.38. The van der Waals surface area contributed by atoms with Gasteiger partial charge in [0.2, 0.25) is 0 Å². The van der Waals surface area contributed by atoms with E-state index in [4.69, 9.17) is 0 Å². The first kappa shape index (κ1) is 14.0. The Morgan fingerprint density at radius 3 is 2.65 bits per heavy atom. The predicted octanol–water partition coefficient (Wildman–Crippen LogP) is 4.24. The van der Waals surface area contributed by atoms with E-state index in [9.17, 15) is 0 Å². The number of thioether (sulfide) groups is 1. The molecule has 1 aliphatic rings. The molecule has 0 spiro atoms. The smallest absolute Gasteiger partial charge is 0.0481 e. The largest absolute Gasteiger partial charge is 0.346 e. The highest BCUT2D eigenvalue weighted by Gasteiger charge is 2.23. The first-order valence-electron chi connectivity index (χ1n) is 7.39. The first-order valence-corrected chi connectivity index (χ1v) is 8.27. The van der Waals surface area contributed by atoms with Gasteiger partial charge in [0, 0.05) is 39.3 Å². The summed E-state index contributed by atoms with van der Waals surface area (Å²) >= 11 is 2.03. The van der Waals surface area contributed by atoms with Crippen LogP contribution in [-0.2, 0) is 6.54 Å². The number of aromatic nitrogens is 1. The minimum Gasteiger partial charge on any atom is -0.346 e. The van der Waals surface area contributed by atoms with E-state index in [2.05, 4.69) is 67.9 Å². The van der Waals surface area contributed by atoms with E-state index in [1.165, 1.54) is 28.6 Å². The summed E-state index contributed by atoms with van der Waals surface area (Å²) in [5, 5.41) is 2.24. The molecule has 1 aliphatic carbocycles. The molecule has 1 fully saturated rings. The molecule has 1 heterocycles. The fraction of sp³-hybridized carbons (Fsp3) is 0.529. The van der Waals surface area contributed by atoms with Crippen LogP contribution >= 0.6 is 11.8 Å². The second-order valence-electron chi connectivity index (χ2n) is 6.69. The molecule has 1 aromatic carbocycles. The maximum Gasteiger partial charge on any atom is 0.0481 e. The van der Waals surface area contributed by atoms with Gasteiger partial charge in [0.05, 0.1) is 0 Å². The number of rotatable bonds is 5. The number of nitrogens with zero attached hydrogens (tertiary/aromatic N) is 2. The van der Waals surface area contributed by atoms with Crippen LogP contribution in [0, 0.1) is 0 Å². The van der Waals surface area contributed by atoms with Crippen molar-refractivity contribution in [1.82, 2.24) is 9.47 Å². The van der Waals surface area contributed by atoms with Gasteiger partial charge in [-0.1, -0.05) is 0 Å². The lowest BCUT2D eigenvalue weighted by molar-refractivity contribution is 0.171. The summed E-state index contributed by atoms with van der Waals surface area (Å²) in [6.07, 6.45) is 5.00. The van der Waals surface area contributed by atoms with Crippen LogP contribution in [0.3, 0.4) is 0 Å². The van der Waals surface area contributed by atoms with Crippen LogP contribution in [-0.4, -0.2) is 34.4 Å². The zero-order valence-electron chi connectivity index (χ0n) is 12.9. The average molecular weight is 288 g/mol. The van der Waals surface area contributed by atoms with Crippen molar-refractivity contribution in [3.8, 4) is 0 Å². The van der Waals surface area contributed by atoms with Crippen LogP contribution in [0.1, 0.15) is 26.7 Å². The van der Waals surface area contributed by atoms with Gasteiger partial charge in [-0.15, -0.1) is 11.8 Å². The molecule has 0 amide bonds. The second-order valence-corrected chi connectivity index (χ2v) is 8.06.